The van der Waals surface area contributed by atoms with Crippen LogP contribution in [0.3, 0.4) is 0 Å². The fraction of sp³-hybridized carbons (Fsp3) is 0.579. The van der Waals surface area contributed by atoms with E-state index < -0.39 is 0 Å². The molecule has 0 radical (unpaired) electrons. The van der Waals surface area contributed by atoms with Crippen molar-refractivity contribution in [1.82, 2.24) is 0 Å². The zero-order valence-corrected chi connectivity index (χ0v) is 14.1. The van der Waals surface area contributed by atoms with Crippen LogP contribution in [0.1, 0.15) is 63.0 Å². The van der Waals surface area contributed by atoms with Crippen molar-refractivity contribution in [1.29, 1.82) is 0 Å². The number of aryl methyl sites for hydroxylation is 1. The Bertz CT molecular complexity index is 456. The van der Waals surface area contributed by atoms with Crippen molar-refractivity contribution in [2.45, 2.75) is 58.8 Å². The zero-order valence-electron chi connectivity index (χ0n) is 13.4. The van der Waals surface area contributed by atoms with E-state index in [2.05, 4.69) is 31.8 Å². The van der Waals surface area contributed by atoms with Gasteiger partial charge in [-0.2, -0.15) is 0 Å². The molecule has 0 spiro atoms. The number of halogens is 1. The fourth-order valence-corrected chi connectivity index (χ4v) is 2.33. The predicted octanol–water partition coefficient (Wildman–Crippen LogP) is 5.71. The van der Waals surface area contributed by atoms with Crippen LogP contribution < -0.4 is 4.74 Å². The molecule has 2 heteroatoms. The van der Waals surface area contributed by atoms with Crippen molar-refractivity contribution >= 4 is 11.6 Å². The molecule has 0 amide bonds. The first-order chi connectivity index (χ1) is 10.3. The molecule has 0 aliphatic rings. The van der Waals surface area contributed by atoms with Crippen LogP contribution in [0.25, 0.3) is 0 Å². The molecular formula is C19H27ClO. The smallest absolute Gasteiger partial charge is 0.122 e. The highest BCUT2D eigenvalue weighted by Gasteiger charge is 2.00. The van der Waals surface area contributed by atoms with Gasteiger partial charge in [0, 0.05) is 5.56 Å². The number of ether oxygens (including phenoxy) is 1. The zero-order chi connectivity index (χ0) is 15.3. The van der Waals surface area contributed by atoms with Crippen LogP contribution in [-0.4, -0.2) is 12.5 Å². The number of benzene rings is 1. The van der Waals surface area contributed by atoms with Crippen LogP contribution in [0.4, 0.5) is 0 Å². The Labute approximate surface area is 135 Å². The first kappa shape index (κ1) is 17.9. The summed E-state index contributed by atoms with van der Waals surface area (Å²) in [5.74, 6) is 7.23. The molecule has 0 bridgehead atoms. The maximum Gasteiger partial charge on any atom is 0.122 e. The normalized spacial score (nSPS) is 10.0. The minimum atomic E-state index is 0.371. The second-order valence-electron chi connectivity index (χ2n) is 5.39. The van der Waals surface area contributed by atoms with Crippen molar-refractivity contribution in [3.8, 4) is 17.6 Å². The van der Waals surface area contributed by atoms with Crippen LogP contribution in [-0.2, 0) is 0 Å². The molecule has 1 rings (SSSR count). The molecule has 0 saturated carbocycles. The number of alkyl halides is 1. The highest BCUT2D eigenvalue weighted by atomic mass is 35.5. The molecule has 0 heterocycles. The molecule has 0 atom stereocenters. The average molecular weight is 307 g/mol. The minimum absolute atomic E-state index is 0.371. The van der Waals surface area contributed by atoms with E-state index in [0.29, 0.717) is 5.88 Å². The Hall–Kier alpha value is -1.13. The van der Waals surface area contributed by atoms with E-state index in [0.717, 1.165) is 29.9 Å². The van der Waals surface area contributed by atoms with Crippen LogP contribution in [0, 0.1) is 18.8 Å². The topological polar surface area (TPSA) is 9.23 Å². The highest BCUT2D eigenvalue weighted by molar-refractivity contribution is 6.19. The predicted molar refractivity (Wildman–Crippen MR) is 92.3 cm³/mol. The molecule has 0 aliphatic heterocycles. The van der Waals surface area contributed by atoms with Crippen molar-refractivity contribution in [3.05, 3.63) is 29.3 Å². The second-order valence-corrected chi connectivity index (χ2v) is 5.65. The Morgan fingerprint density at radius 1 is 1.05 bits per heavy atom. The quantitative estimate of drug-likeness (QED) is 0.322. The molecule has 116 valence electrons. The molecule has 0 N–H and O–H groups in total. The van der Waals surface area contributed by atoms with Gasteiger partial charge in [-0.25, -0.2) is 0 Å². The van der Waals surface area contributed by atoms with Crippen LogP contribution in [0.5, 0.6) is 5.75 Å². The number of hydrogen-bond acceptors (Lipinski definition) is 1. The lowest BCUT2D eigenvalue weighted by molar-refractivity contribution is 0.302. The molecule has 0 fully saturated rings. The molecule has 21 heavy (non-hydrogen) atoms. The van der Waals surface area contributed by atoms with Gasteiger partial charge in [-0.05, 0) is 37.1 Å². The van der Waals surface area contributed by atoms with Gasteiger partial charge in [-0.15, -0.1) is 11.6 Å². The molecule has 0 aromatic heterocycles. The van der Waals surface area contributed by atoms with Gasteiger partial charge in [0.2, 0.25) is 0 Å². The third-order valence-corrected chi connectivity index (χ3v) is 3.61. The van der Waals surface area contributed by atoms with Gasteiger partial charge in [0.25, 0.3) is 0 Å². The van der Waals surface area contributed by atoms with E-state index in [9.17, 15) is 0 Å². The van der Waals surface area contributed by atoms with E-state index in [1.165, 1.54) is 38.5 Å². The molecule has 0 aliphatic carbocycles. The Morgan fingerprint density at radius 2 is 1.76 bits per heavy atom. The van der Waals surface area contributed by atoms with E-state index in [1.54, 1.807) is 0 Å². The fourth-order valence-electron chi connectivity index (χ4n) is 2.27. The van der Waals surface area contributed by atoms with Gasteiger partial charge >= 0.3 is 0 Å². The summed E-state index contributed by atoms with van der Waals surface area (Å²) < 4.78 is 5.85. The standard InChI is InChI=1S/C19H27ClO/c1-3-4-5-6-7-8-9-15-21-19-13-12-18(11-10-14-20)16-17(19)2/h12-13,16H,3-9,14-15H2,1-2H3. The Balaban J connectivity index is 2.23. The SMILES string of the molecule is CCCCCCCCCOc1ccc(C#CCCl)cc1C. The summed E-state index contributed by atoms with van der Waals surface area (Å²) in [4.78, 5) is 0. The van der Waals surface area contributed by atoms with Crippen LogP contribution in [0.2, 0.25) is 0 Å². The van der Waals surface area contributed by atoms with E-state index in [1.807, 2.05) is 12.1 Å². The molecular weight excluding hydrogens is 280 g/mol. The molecule has 1 aromatic carbocycles. The van der Waals surface area contributed by atoms with E-state index in [4.69, 9.17) is 16.3 Å². The van der Waals surface area contributed by atoms with E-state index in [-0.39, 0.29) is 0 Å². The number of hydrogen-bond donors (Lipinski definition) is 0. The summed E-state index contributed by atoms with van der Waals surface area (Å²) in [7, 11) is 0. The van der Waals surface area contributed by atoms with Crippen LogP contribution in [0.15, 0.2) is 18.2 Å². The summed E-state index contributed by atoms with van der Waals surface area (Å²) in [6, 6.07) is 6.06. The third kappa shape index (κ3) is 8.02. The maximum atomic E-state index is 5.85. The van der Waals surface area contributed by atoms with Gasteiger partial charge in [-0.1, -0.05) is 57.3 Å². The maximum absolute atomic E-state index is 5.85. The summed E-state index contributed by atoms with van der Waals surface area (Å²) in [5, 5.41) is 0. The third-order valence-electron chi connectivity index (χ3n) is 3.48. The minimum Gasteiger partial charge on any atom is -0.493 e. The Kier molecular flexibility index (Phi) is 9.83. The van der Waals surface area contributed by atoms with Gasteiger partial charge in [0.15, 0.2) is 0 Å². The van der Waals surface area contributed by atoms with Crippen molar-refractivity contribution in [2.75, 3.05) is 12.5 Å². The van der Waals surface area contributed by atoms with Crippen molar-refractivity contribution in [3.63, 3.8) is 0 Å². The largest absolute Gasteiger partial charge is 0.493 e. The first-order valence-electron chi connectivity index (χ1n) is 8.06. The molecule has 1 aromatic rings. The lowest BCUT2D eigenvalue weighted by Crippen LogP contribution is -1.99. The Morgan fingerprint density at radius 3 is 2.43 bits per heavy atom. The van der Waals surface area contributed by atoms with Gasteiger partial charge in [-0.3, -0.25) is 0 Å². The lowest BCUT2D eigenvalue weighted by atomic mass is 10.1. The molecule has 0 saturated heterocycles. The first-order valence-corrected chi connectivity index (χ1v) is 8.59. The van der Waals surface area contributed by atoms with Crippen molar-refractivity contribution in [2.24, 2.45) is 0 Å². The highest BCUT2D eigenvalue weighted by Crippen LogP contribution is 2.19. The van der Waals surface area contributed by atoms with Gasteiger partial charge < -0.3 is 4.74 Å². The number of rotatable bonds is 9. The lowest BCUT2D eigenvalue weighted by Gasteiger charge is -2.09. The monoisotopic (exact) mass is 306 g/mol. The average Bonchev–Trinajstić information content (AvgIpc) is 2.49. The van der Waals surface area contributed by atoms with Gasteiger partial charge in [0.05, 0.1) is 12.5 Å². The summed E-state index contributed by atoms with van der Waals surface area (Å²) >= 11 is 5.56. The molecule has 0 unspecified atom stereocenters. The molecule has 1 nitrogen and oxygen atoms in total. The van der Waals surface area contributed by atoms with E-state index >= 15 is 0 Å². The van der Waals surface area contributed by atoms with Crippen molar-refractivity contribution < 1.29 is 4.74 Å². The number of unbranched alkanes of at least 4 members (excludes halogenated alkanes) is 6. The van der Waals surface area contributed by atoms with Gasteiger partial charge in [0.1, 0.15) is 5.75 Å². The summed E-state index contributed by atoms with van der Waals surface area (Å²) in [6.45, 7) is 5.12. The summed E-state index contributed by atoms with van der Waals surface area (Å²) in [5.41, 5.74) is 2.13. The van der Waals surface area contributed by atoms with Crippen LogP contribution >= 0.6 is 11.6 Å². The summed E-state index contributed by atoms with van der Waals surface area (Å²) in [6.07, 6.45) is 9.15. The second kappa shape index (κ2) is 11.5.